The van der Waals surface area contributed by atoms with Crippen molar-refractivity contribution in [3.05, 3.63) is 54.9 Å². The summed E-state index contributed by atoms with van der Waals surface area (Å²) in [6.45, 7) is 0.940. The summed E-state index contributed by atoms with van der Waals surface area (Å²) in [6.07, 6.45) is 17.6. The summed E-state index contributed by atoms with van der Waals surface area (Å²) in [7, 11) is 0. The molecule has 6 nitrogen and oxygen atoms in total. The minimum atomic E-state index is -0.449. The van der Waals surface area contributed by atoms with Gasteiger partial charge >= 0.3 is 0 Å². The fourth-order valence-corrected chi connectivity index (χ4v) is 2.30. The fraction of sp³-hybridized carbons (Fsp3) is 0.308. The van der Waals surface area contributed by atoms with Crippen molar-refractivity contribution < 1.29 is 0 Å². The van der Waals surface area contributed by atoms with Crippen molar-refractivity contribution in [1.82, 2.24) is 26.1 Å². The third-order valence-corrected chi connectivity index (χ3v) is 3.19. The van der Waals surface area contributed by atoms with Gasteiger partial charge in [0, 0.05) is 25.1 Å². The topological polar surface area (TPSA) is 94.1 Å². The van der Waals surface area contributed by atoms with Crippen LogP contribution in [0.3, 0.4) is 0 Å². The zero-order valence-corrected chi connectivity index (χ0v) is 10.9. The number of fused-ring (bicyclic) bond motifs is 1. The summed E-state index contributed by atoms with van der Waals surface area (Å²) < 4.78 is 2.07. The predicted molar refractivity (Wildman–Crippen MR) is 74.7 cm³/mol. The molecule has 19 heavy (non-hydrogen) atoms. The molecule has 0 spiro atoms. The minimum absolute atomic E-state index is 0. The van der Waals surface area contributed by atoms with Crippen LogP contribution in [0, 0.1) is 0 Å². The third-order valence-electron chi connectivity index (χ3n) is 3.19. The zero-order valence-electron chi connectivity index (χ0n) is 10.9. The van der Waals surface area contributed by atoms with Crippen LogP contribution in [-0.4, -0.2) is 20.2 Å². The highest BCUT2D eigenvalue weighted by Gasteiger charge is 2.31. The molecule has 102 valence electrons. The van der Waals surface area contributed by atoms with E-state index in [0.29, 0.717) is 0 Å². The number of imidazole rings is 1. The lowest BCUT2D eigenvalue weighted by molar-refractivity contribution is 0.255. The molecule has 0 saturated carbocycles. The molecule has 0 amide bonds. The summed E-state index contributed by atoms with van der Waals surface area (Å²) >= 11 is 0. The second kappa shape index (κ2) is 5.40. The SMILES string of the molecule is N.NC1(CCCn2ccnc2)C=C2C=CC=CN2N1. The lowest BCUT2D eigenvalue weighted by Crippen LogP contribution is -2.52. The summed E-state index contributed by atoms with van der Waals surface area (Å²) in [6, 6.07) is 0. The highest BCUT2D eigenvalue weighted by Crippen LogP contribution is 2.24. The number of aryl methyl sites for hydroxylation is 1. The molecule has 1 unspecified atom stereocenters. The number of hydrazine groups is 1. The molecule has 6 N–H and O–H groups in total. The summed E-state index contributed by atoms with van der Waals surface area (Å²) in [5, 5.41) is 1.97. The molecule has 2 aliphatic rings. The van der Waals surface area contributed by atoms with Crippen LogP contribution in [-0.2, 0) is 6.54 Å². The summed E-state index contributed by atoms with van der Waals surface area (Å²) in [4.78, 5) is 4.03. The standard InChI is InChI=1S/C13H17N5.H3N/c14-13(5-3-7-17-9-6-15-11-17)10-12-4-1-2-8-18(12)16-13;/h1-2,4,6,8-11,16H,3,5,7,14H2;1H3. The van der Waals surface area contributed by atoms with Gasteiger partial charge in [-0.25, -0.2) is 10.4 Å². The van der Waals surface area contributed by atoms with Gasteiger partial charge in [-0.05, 0) is 31.1 Å². The first-order valence-electron chi connectivity index (χ1n) is 6.15. The van der Waals surface area contributed by atoms with E-state index in [1.54, 1.807) is 6.20 Å². The average molecular weight is 260 g/mol. The van der Waals surface area contributed by atoms with E-state index in [4.69, 9.17) is 5.73 Å². The van der Waals surface area contributed by atoms with Gasteiger partial charge in [-0.2, -0.15) is 0 Å². The van der Waals surface area contributed by atoms with Crippen LogP contribution in [0.25, 0.3) is 0 Å². The first kappa shape index (κ1) is 13.5. The van der Waals surface area contributed by atoms with Crippen LogP contribution >= 0.6 is 0 Å². The Labute approximate surface area is 112 Å². The lowest BCUT2D eigenvalue weighted by Gasteiger charge is -2.26. The van der Waals surface area contributed by atoms with E-state index in [1.165, 1.54) is 0 Å². The molecule has 0 aromatic carbocycles. The van der Waals surface area contributed by atoms with Crippen molar-refractivity contribution in [1.29, 1.82) is 0 Å². The Morgan fingerprint density at radius 3 is 3.00 bits per heavy atom. The maximum Gasteiger partial charge on any atom is 0.105 e. The molecule has 2 aliphatic heterocycles. The summed E-state index contributed by atoms with van der Waals surface area (Å²) in [5.41, 5.74) is 10.3. The molecule has 0 radical (unpaired) electrons. The van der Waals surface area contributed by atoms with Crippen LogP contribution in [0.15, 0.2) is 54.9 Å². The summed E-state index contributed by atoms with van der Waals surface area (Å²) in [5.74, 6) is 0. The Morgan fingerprint density at radius 1 is 1.37 bits per heavy atom. The molecule has 0 fully saturated rings. The minimum Gasteiger partial charge on any atom is -0.344 e. The van der Waals surface area contributed by atoms with Crippen molar-refractivity contribution >= 4 is 0 Å². The Morgan fingerprint density at radius 2 is 2.26 bits per heavy atom. The van der Waals surface area contributed by atoms with E-state index in [9.17, 15) is 0 Å². The van der Waals surface area contributed by atoms with E-state index in [2.05, 4.69) is 27.1 Å². The number of nitrogens with zero attached hydrogens (tertiary/aromatic N) is 3. The quantitative estimate of drug-likeness (QED) is 0.758. The van der Waals surface area contributed by atoms with Crippen LogP contribution < -0.4 is 17.3 Å². The second-order valence-electron chi connectivity index (χ2n) is 4.70. The van der Waals surface area contributed by atoms with Crippen LogP contribution in [0.2, 0.25) is 0 Å². The molecule has 0 bridgehead atoms. The van der Waals surface area contributed by atoms with Gasteiger partial charge in [0.05, 0.1) is 12.0 Å². The normalized spacial score (nSPS) is 24.1. The largest absolute Gasteiger partial charge is 0.344 e. The predicted octanol–water partition coefficient (Wildman–Crippen LogP) is 1.27. The van der Waals surface area contributed by atoms with Crippen molar-refractivity contribution in [3.8, 4) is 0 Å². The average Bonchev–Trinajstić information content (AvgIpc) is 2.95. The molecule has 0 saturated heterocycles. The molecule has 3 rings (SSSR count). The number of hydrogen-bond donors (Lipinski definition) is 3. The highest BCUT2D eigenvalue weighted by molar-refractivity contribution is 5.33. The van der Waals surface area contributed by atoms with Crippen molar-refractivity contribution in [2.24, 2.45) is 5.73 Å². The number of allylic oxidation sites excluding steroid dienone is 3. The van der Waals surface area contributed by atoms with Crippen LogP contribution in [0.4, 0.5) is 0 Å². The molecular formula is C13H20N6. The maximum absolute atomic E-state index is 6.34. The highest BCUT2D eigenvalue weighted by atomic mass is 15.6. The van der Waals surface area contributed by atoms with E-state index >= 15 is 0 Å². The van der Waals surface area contributed by atoms with E-state index < -0.39 is 5.66 Å². The first-order valence-corrected chi connectivity index (χ1v) is 6.15. The van der Waals surface area contributed by atoms with Gasteiger partial charge in [-0.1, -0.05) is 6.08 Å². The third kappa shape index (κ3) is 2.93. The molecule has 1 atom stereocenters. The smallest absolute Gasteiger partial charge is 0.105 e. The number of aromatic nitrogens is 2. The van der Waals surface area contributed by atoms with Gasteiger partial charge in [-0.3, -0.25) is 5.01 Å². The fourth-order valence-electron chi connectivity index (χ4n) is 2.30. The van der Waals surface area contributed by atoms with Gasteiger partial charge in [0.15, 0.2) is 0 Å². The maximum atomic E-state index is 6.34. The van der Waals surface area contributed by atoms with E-state index in [-0.39, 0.29) is 6.15 Å². The molecule has 1 aromatic rings. The molecule has 1 aromatic heterocycles. The monoisotopic (exact) mass is 260 g/mol. The van der Waals surface area contributed by atoms with Crippen LogP contribution in [0.5, 0.6) is 0 Å². The van der Waals surface area contributed by atoms with Crippen LogP contribution in [0.1, 0.15) is 12.8 Å². The van der Waals surface area contributed by atoms with Crippen molar-refractivity contribution in [3.63, 3.8) is 0 Å². The van der Waals surface area contributed by atoms with Gasteiger partial charge in [-0.15, -0.1) is 0 Å². The lowest BCUT2D eigenvalue weighted by atomic mass is 10.1. The Kier molecular flexibility index (Phi) is 3.84. The van der Waals surface area contributed by atoms with Crippen molar-refractivity contribution in [2.45, 2.75) is 25.0 Å². The van der Waals surface area contributed by atoms with E-state index in [1.807, 2.05) is 35.9 Å². The van der Waals surface area contributed by atoms with E-state index in [0.717, 1.165) is 25.1 Å². The Bertz CT molecular complexity index is 501. The van der Waals surface area contributed by atoms with Crippen molar-refractivity contribution in [2.75, 3.05) is 0 Å². The molecule has 6 heteroatoms. The number of nitrogens with two attached hydrogens (primary N) is 1. The molecule has 3 heterocycles. The Balaban J connectivity index is 0.00000133. The first-order chi connectivity index (χ1) is 8.75. The molecular weight excluding hydrogens is 240 g/mol. The van der Waals surface area contributed by atoms with Gasteiger partial charge in [0.25, 0.3) is 0 Å². The number of nitrogens with one attached hydrogen (secondary N) is 1. The van der Waals surface area contributed by atoms with Gasteiger partial charge in [0.1, 0.15) is 5.66 Å². The van der Waals surface area contributed by atoms with Gasteiger partial charge in [0.2, 0.25) is 0 Å². The van der Waals surface area contributed by atoms with Gasteiger partial charge < -0.3 is 16.5 Å². The second-order valence-corrected chi connectivity index (χ2v) is 4.70. The number of rotatable bonds is 4. The molecule has 0 aliphatic carbocycles. The number of hydrogen-bond acceptors (Lipinski definition) is 5. The zero-order chi connectivity index (χ0) is 12.4. The Hall–Kier alpha value is -1.89.